The number of ether oxygens (including phenoxy) is 2. The van der Waals surface area contributed by atoms with E-state index >= 15 is 0 Å². The Kier molecular flexibility index (Phi) is 4.83. The van der Waals surface area contributed by atoms with Crippen LogP contribution in [0, 0.1) is 13.8 Å². The Morgan fingerprint density at radius 2 is 2.00 bits per heavy atom. The second-order valence-corrected chi connectivity index (χ2v) is 5.70. The van der Waals surface area contributed by atoms with Crippen molar-refractivity contribution in [2.24, 2.45) is 0 Å². The van der Waals surface area contributed by atoms with Crippen LogP contribution in [-0.4, -0.2) is 25.4 Å². The Morgan fingerprint density at radius 3 is 2.53 bits per heavy atom. The highest BCUT2D eigenvalue weighted by Crippen LogP contribution is 2.27. The van der Waals surface area contributed by atoms with Crippen LogP contribution in [0.1, 0.15) is 37.0 Å². The van der Waals surface area contributed by atoms with Crippen LogP contribution in [0.3, 0.4) is 0 Å². The molecule has 0 spiro atoms. The first kappa shape index (κ1) is 14.4. The van der Waals surface area contributed by atoms with Gasteiger partial charge in [0.25, 0.3) is 0 Å². The molecule has 3 nitrogen and oxygen atoms in total. The van der Waals surface area contributed by atoms with Crippen molar-refractivity contribution >= 4 is 0 Å². The van der Waals surface area contributed by atoms with Gasteiger partial charge in [-0.1, -0.05) is 26.0 Å². The summed E-state index contributed by atoms with van der Waals surface area (Å²) in [6.45, 7) is 11.0. The van der Waals surface area contributed by atoms with Gasteiger partial charge in [0.2, 0.25) is 0 Å². The lowest BCUT2D eigenvalue weighted by Crippen LogP contribution is -2.22. The lowest BCUT2D eigenvalue weighted by molar-refractivity contribution is 0.140. The zero-order valence-electron chi connectivity index (χ0n) is 12.5. The molecule has 1 heterocycles. The summed E-state index contributed by atoms with van der Waals surface area (Å²) < 4.78 is 11.4. The minimum Gasteiger partial charge on any atom is -0.487 e. The largest absolute Gasteiger partial charge is 0.487 e. The molecular weight excluding hydrogens is 238 g/mol. The highest BCUT2D eigenvalue weighted by Gasteiger charge is 2.19. The lowest BCUT2D eigenvalue weighted by atomic mass is 10.1. The summed E-state index contributed by atoms with van der Waals surface area (Å²) in [6.07, 6.45) is 1.22. The third-order valence-corrected chi connectivity index (χ3v) is 3.41. The Morgan fingerprint density at radius 1 is 1.32 bits per heavy atom. The van der Waals surface area contributed by atoms with Gasteiger partial charge in [-0.15, -0.1) is 0 Å². The molecule has 0 aromatic heterocycles. The monoisotopic (exact) mass is 263 g/mol. The third-order valence-electron chi connectivity index (χ3n) is 3.41. The maximum atomic E-state index is 6.07. The van der Waals surface area contributed by atoms with Crippen LogP contribution in [0.2, 0.25) is 0 Å². The molecule has 0 amide bonds. The van der Waals surface area contributed by atoms with Crippen molar-refractivity contribution in [3.63, 3.8) is 0 Å². The number of hydrogen-bond acceptors (Lipinski definition) is 3. The summed E-state index contributed by atoms with van der Waals surface area (Å²) >= 11 is 0. The van der Waals surface area contributed by atoms with E-state index in [-0.39, 0.29) is 6.10 Å². The van der Waals surface area contributed by atoms with Gasteiger partial charge >= 0.3 is 0 Å². The lowest BCUT2D eigenvalue weighted by Gasteiger charge is -2.18. The van der Waals surface area contributed by atoms with Crippen LogP contribution in [0.15, 0.2) is 12.1 Å². The molecule has 1 aromatic carbocycles. The average Bonchev–Trinajstić information content (AvgIpc) is 2.84. The maximum absolute atomic E-state index is 6.07. The number of rotatable bonds is 5. The second kappa shape index (κ2) is 6.40. The van der Waals surface area contributed by atoms with E-state index in [0.717, 1.165) is 31.9 Å². The number of nitrogens with one attached hydrogen (secondary N) is 1. The normalized spacial score (nSPS) is 19.1. The molecule has 0 bridgehead atoms. The zero-order valence-corrected chi connectivity index (χ0v) is 12.5. The fraction of sp³-hybridized carbons (Fsp3) is 0.625. The first-order valence-electron chi connectivity index (χ1n) is 7.14. The van der Waals surface area contributed by atoms with Crippen LogP contribution in [0.5, 0.6) is 5.75 Å². The summed E-state index contributed by atoms with van der Waals surface area (Å²) in [5.41, 5.74) is 3.75. The second-order valence-electron chi connectivity index (χ2n) is 5.70. The van der Waals surface area contributed by atoms with E-state index in [4.69, 9.17) is 9.47 Å². The molecule has 1 atom stereocenters. The molecule has 0 saturated carbocycles. The number of benzene rings is 1. The molecule has 1 aliphatic rings. The van der Waals surface area contributed by atoms with Gasteiger partial charge in [0, 0.05) is 19.0 Å². The van der Waals surface area contributed by atoms with E-state index in [1.807, 2.05) is 0 Å². The van der Waals surface area contributed by atoms with Gasteiger partial charge in [-0.3, -0.25) is 0 Å². The highest BCUT2D eigenvalue weighted by atomic mass is 16.5. The van der Waals surface area contributed by atoms with Crippen molar-refractivity contribution in [1.82, 2.24) is 5.32 Å². The van der Waals surface area contributed by atoms with Crippen molar-refractivity contribution in [2.45, 2.75) is 52.8 Å². The van der Waals surface area contributed by atoms with Crippen LogP contribution in [0.25, 0.3) is 0 Å². The van der Waals surface area contributed by atoms with Crippen LogP contribution < -0.4 is 10.1 Å². The Bertz CT molecular complexity index is 400. The molecule has 0 aliphatic carbocycles. The molecule has 3 heteroatoms. The molecule has 106 valence electrons. The van der Waals surface area contributed by atoms with Gasteiger partial charge in [-0.2, -0.15) is 0 Å². The molecule has 1 unspecified atom stereocenters. The van der Waals surface area contributed by atoms with Crippen molar-refractivity contribution < 1.29 is 9.47 Å². The van der Waals surface area contributed by atoms with E-state index in [2.05, 4.69) is 45.1 Å². The van der Waals surface area contributed by atoms with Gasteiger partial charge in [-0.05, 0) is 30.5 Å². The molecule has 1 aromatic rings. The van der Waals surface area contributed by atoms with E-state index in [1.54, 1.807) is 0 Å². The summed E-state index contributed by atoms with van der Waals surface area (Å²) in [4.78, 5) is 0. The van der Waals surface area contributed by atoms with E-state index in [9.17, 15) is 0 Å². The molecule has 1 saturated heterocycles. The summed E-state index contributed by atoms with van der Waals surface area (Å²) in [7, 11) is 0. The highest BCUT2D eigenvalue weighted by molar-refractivity contribution is 5.43. The summed E-state index contributed by atoms with van der Waals surface area (Å²) in [5, 5.41) is 3.45. The maximum Gasteiger partial charge on any atom is 0.125 e. The van der Waals surface area contributed by atoms with E-state index in [0.29, 0.717) is 6.04 Å². The predicted octanol–water partition coefficient (Wildman–Crippen LogP) is 2.97. The van der Waals surface area contributed by atoms with Gasteiger partial charge < -0.3 is 14.8 Å². The average molecular weight is 263 g/mol. The summed E-state index contributed by atoms with van der Waals surface area (Å²) in [6, 6.07) is 4.94. The Balaban J connectivity index is 2.07. The Labute approximate surface area is 116 Å². The summed E-state index contributed by atoms with van der Waals surface area (Å²) in [5.74, 6) is 1.03. The number of aryl methyl sites for hydroxylation is 2. The molecule has 19 heavy (non-hydrogen) atoms. The van der Waals surface area contributed by atoms with Crippen molar-refractivity contribution in [3.05, 3.63) is 28.8 Å². The number of hydrogen-bond donors (Lipinski definition) is 1. The standard InChI is InChI=1S/C16H25NO2/c1-11(2)17-9-14-7-12(3)16(13(4)8-14)19-15-5-6-18-10-15/h7-8,11,15,17H,5-6,9-10H2,1-4H3. The van der Waals surface area contributed by atoms with Gasteiger partial charge in [0.05, 0.1) is 13.2 Å². The fourth-order valence-electron chi connectivity index (χ4n) is 2.42. The minimum atomic E-state index is 0.219. The topological polar surface area (TPSA) is 30.5 Å². The minimum absolute atomic E-state index is 0.219. The first-order chi connectivity index (χ1) is 9.06. The third kappa shape index (κ3) is 3.95. The molecule has 1 aliphatic heterocycles. The molecule has 1 N–H and O–H groups in total. The quantitative estimate of drug-likeness (QED) is 0.886. The molecule has 1 fully saturated rings. The van der Waals surface area contributed by atoms with Crippen molar-refractivity contribution in [2.75, 3.05) is 13.2 Å². The van der Waals surface area contributed by atoms with E-state index < -0.39 is 0 Å². The molecule has 2 rings (SSSR count). The van der Waals surface area contributed by atoms with Gasteiger partial charge in [0.15, 0.2) is 0 Å². The van der Waals surface area contributed by atoms with Crippen LogP contribution in [0.4, 0.5) is 0 Å². The zero-order chi connectivity index (χ0) is 13.8. The Hall–Kier alpha value is -1.06. The van der Waals surface area contributed by atoms with E-state index in [1.165, 1.54) is 16.7 Å². The SMILES string of the molecule is Cc1cc(CNC(C)C)cc(C)c1OC1CCOC1. The van der Waals surface area contributed by atoms with Crippen molar-refractivity contribution in [1.29, 1.82) is 0 Å². The molecule has 0 radical (unpaired) electrons. The fourth-order valence-corrected chi connectivity index (χ4v) is 2.42. The first-order valence-corrected chi connectivity index (χ1v) is 7.14. The predicted molar refractivity (Wildman–Crippen MR) is 77.7 cm³/mol. The smallest absolute Gasteiger partial charge is 0.125 e. The molecular formula is C16H25NO2. The van der Waals surface area contributed by atoms with Crippen LogP contribution >= 0.6 is 0 Å². The van der Waals surface area contributed by atoms with Gasteiger partial charge in [-0.25, -0.2) is 0 Å². The van der Waals surface area contributed by atoms with Crippen molar-refractivity contribution in [3.8, 4) is 5.75 Å². The van der Waals surface area contributed by atoms with Gasteiger partial charge in [0.1, 0.15) is 11.9 Å². The van der Waals surface area contributed by atoms with Crippen LogP contribution in [-0.2, 0) is 11.3 Å².